The lowest BCUT2D eigenvalue weighted by molar-refractivity contribution is -0.121. The number of amides is 1. The molecule has 0 aliphatic carbocycles. The highest BCUT2D eigenvalue weighted by Crippen LogP contribution is 2.21. The van der Waals surface area contributed by atoms with Gasteiger partial charge in [0.2, 0.25) is 15.9 Å². The van der Waals surface area contributed by atoms with Crippen LogP contribution in [0.15, 0.2) is 48.5 Å². The monoisotopic (exact) mass is 394 g/mol. The van der Waals surface area contributed by atoms with Crippen LogP contribution in [0, 0.1) is 6.92 Å². The molecular formula is C19H23ClN2O3S. The zero-order chi connectivity index (χ0) is 19.3. The van der Waals surface area contributed by atoms with Crippen molar-refractivity contribution in [2.24, 2.45) is 0 Å². The second-order valence-corrected chi connectivity index (χ2v) is 8.53. The SMILES string of the molecule is Cc1ccc(N([C@@H](C)C(=O)NCCc2ccc(Cl)cc2)S(C)(=O)=O)cc1. The summed E-state index contributed by atoms with van der Waals surface area (Å²) in [7, 11) is -3.60. The van der Waals surface area contributed by atoms with Crippen molar-refractivity contribution in [2.45, 2.75) is 26.3 Å². The summed E-state index contributed by atoms with van der Waals surface area (Å²) in [5.74, 6) is -0.343. The molecule has 1 atom stereocenters. The number of hydrogen-bond acceptors (Lipinski definition) is 3. The van der Waals surface area contributed by atoms with Gasteiger partial charge in [0.15, 0.2) is 0 Å². The Hall–Kier alpha value is -2.05. The van der Waals surface area contributed by atoms with Crippen LogP contribution in [0.4, 0.5) is 5.69 Å². The molecule has 26 heavy (non-hydrogen) atoms. The molecule has 0 aliphatic heterocycles. The molecule has 2 aromatic carbocycles. The van der Waals surface area contributed by atoms with Crippen molar-refractivity contribution in [3.63, 3.8) is 0 Å². The summed E-state index contributed by atoms with van der Waals surface area (Å²) in [5, 5.41) is 3.46. The van der Waals surface area contributed by atoms with Crippen molar-refractivity contribution >= 4 is 33.2 Å². The van der Waals surface area contributed by atoms with E-state index in [1.54, 1.807) is 31.2 Å². The summed E-state index contributed by atoms with van der Waals surface area (Å²) in [4.78, 5) is 12.5. The first kappa shape index (κ1) is 20.3. The first-order valence-corrected chi connectivity index (χ1v) is 10.5. The van der Waals surface area contributed by atoms with Crippen LogP contribution in [0.2, 0.25) is 5.02 Å². The molecule has 0 bridgehead atoms. The van der Waals surface area contributed by atoms with Crippen molar-refractivity contribution in [1.29, 1.82) is 0 Å². The van der Waals surface area contributed by atoms with Crippen LogP contribution in [0.1, 0.15) is 18.1 Å². The molecule has 2 aromatic rings. The van der Waals surface area contributed by atoms with Crippen molar-refractivity contribution in [3.05, 3.63) is 64.7 Å². The van der Waals surface area contributed by atoms with Crippen LogP contribution < -0.4 is 9.62 Å². The minimum Gasteiger partial charge on any atom is -0.354 e. The number of aryl methyl sites for hydroxylation is 1. The Morgan fingerprint density at radius 1 is 1.12 bits per heavy atom. The number of carbonyl (C=O) groups is 1. The zero-order valence-electron chi connectivity index (χ0n) is 15.1. The van der Waals surface area contributed by atoms with E-state index in [1.165, 1.54) is 0 Å². The van der Waals surface area contributed by atoms with Gasteiger partial charge >= 0.3 is 0 Å². The molecule has 0 heterocycles. The third-order valence-corrected chi connectivity index (χ3v) is 5.50. The summed E-state index contributed by atoms with van der Waals surface area (Å²) in [6.07, 6.45) is 1.74. The average molecular weight is 395 g/mol. The van der Waals surface area contributed by atoms with Crippen LogP contribution >= 0.6 is 11.6 Å². The Balaban J connectivity index is 2.05. The van der Waals surface area contributed by atoms with Gasteiger partial charge in [-0.25, -0.2) is 8.42 Å². The number of benzene rings is 2. The van der Waals surface area contributed by atoms with Gasteiger partial charge in [0.05, 0.1) is 11.9 Å². The third kappa shape index (κ3) is 5.47. The maximum absolute atomic E-state index is 12.5. The highest BCUT2D eigenvalue weighted by Gasteiger charge is 2.28. The van der Waals surface area contributed by atoms with Gasteiger partial charge in [-0.05, 0) is 50.1 Å². The molecule has 2 rings (SSSR count). The number of nitrogens with one attached hydrogen (secondary N) is 1. The van der Waals surface area contributed by atoms with Gasteiger partial charge in [-0.15, -0.1) is 0 Å². The van der Waals surface area contributed by atoms with Gasteiger partial charge in [-0.3, -0.25) is 9.10 Å². The molecule has 140 valence electrons. The standard InChI is InChI=1S/C19H23ClN2O3S/c1-14-4-10-18(11-5-14)22(26(3,24)25)15(2)19(23)21-13-12-16-6-8-17(20)9-7-16/h4-11,15H,12-13H2,1-3H3,(H,21,23)/t15-/m0/s1. The molecule has 1 amide bonds. The van der Waals surface area contributed by atoms with E-state index in [2.05, 4.69) is 5.32 Å². The van der Waals surface area contributed by atoms with E-state index in [-0.39, 0.29) is 5.91 Å². The van der Waals surface area contributed by atoms with Gasteiger partial charge in [0.25, 0.3) is 0 Å². The number of rotatable bonds is 7. The van der Waals surface area contributed by atoms with Gasteiger partial charge in [0, 0.05) is 11.6 Å². The number of sulfonamides is 1. The van der Waals surface area contributed by atoms with E-state index < -0.39 is 16.1 Å². The Kier molecular flexibility index (Phi) is 6.67. The summed E-state index contributed by atoms with van der Waals surface area (Å²) in [5.41, 5.74) is 2.53. The maximum Gasteiger partial charge on any atom is 0.243 e. The zero-order valence-corrected chi connectivity index (χ0v) is 16.6. The third-order valence-electron chi connectivity index (χ3n) is 4.00. The predicted octanol–water partition coefficient (Wildman–Crippen LogP) is 3.16. The van der Waals surface area contributed by atoms with Crippen LogP contribution in [0.5, 0.6) is 0 Å². The van der Waals surface area contributed by atoms with Crippen molar-refractivity contribution in [2.75, 3.05) is 17.1 Å². The Bertz CT molecular complexity index is 849. The van der Waals surface area contributed by atoms with Gasteiger partial charge in [0.1, 0.15) is 6.04 Å². The summed E-state index contributed by atoms with van der Waals surface area (Å²) >= 11 is 5.85. The fraction of sp³-hybridized carbons (Fsp3) is 0.316. The number of anilines is 1. The van der Waals surface area contributed by atoms with Crippen molar-refractivity contribution in [1.82, 2.24) is 5.32 Å². The molecule has 7 heteroatoms. The first-order valence-electron chi connectivity index (χ1n) is 8.26. The number of nitrogens with zero attached hydrogens (tertiary/aromatic N) is 1. The molecule has 0 unspecified atom stereocenters. The van der Waals surface area contributed by atoms with E-state index in [0.717, 1.165) is 21.7 Å². The number of carbonyl (C=O) groups excluding carboxylic acids is 1. The molecular weight excluding hydrogens is 372 g/mol. The lowest BCUT2D eigenvalue weighted by Crippen LogP contribution is -2.48. The van der Waals surface area contributed by atoms with Gasteiger partial charge in [-0.2, -0.15) is 0 Å². The molecule has 0 fully saturated rings. The van der Waals surface area contributed by atoms with Gasteiger partial charge < -0.3 is 5.32 Å². The van der Waals surface area contributed by atoms with Crippen molar-refractivity contribution < 1.29 is 13.2 Å². The average Bonchev–Trinajstić information content (AvgIpc) is 2.57. The largest absolute Gasteiger partial charge is 0.354 e. The normalized spacial score (nSPS) is 12.5. The molecule has 1 N–H and O–H groups in total. The minimum atomic E-state index is -3.60. The lowest BCUT2D eigenvalue weighted by Gasteiger charge is -2.28. The molecule has 5 nitrogen and oxygen atoms in total. The van der Waals surface area contributed by atoms with E-state index in [9.17, 15) is 13.2 Å². The molecule has 0 radical (unpaired) electrons. The first-order chi connectivity index (χ1) is 12.2. The van der Waals surface area contributed by atoms with Crippen molar-refractivity contribution in [3.8, 4) is 0 Å². The molecule has 0 saturated heterocycles. The van der Waals surface area contributed by atoms with Crippen LogP contribution in [0.3, 0.4) is 0 Å². The second kappa shape index (κ2) is 8.56. The Morgan fingerprint density at radius 3 is 2.23 bits per heavy atom. The molecule has 0 saturated carbocycles. The predicted molar refractivity (Wildman–Crippen MR) is 106 cm³/mol. The van der Waals surface area contributed by atoms with E-state index in [0.29, 0.717) is 23.7 Å². The topological polar surface area (TPSA) is 66.5 Å². The minimum absolute atomic E-state index is 0.343. The fourth-order valence-corrected chi connectivity index (χ4v) is 3.93. The number of halogens is 1. The van der Waals surface area contributed by atoms with E-state index in [4.69, 9.17) is 11.6 Å². The molecule has 0 aromatic heterocycles. The van der Waals surface area contributed by atoms with Crippen LogP contribution in [0.25, 0.3) is 0 Å². The quantitative estimate of drug-likeness (QED) is 0.784. The summed E-state index contributed by atoms with van der Waals surface area (Å²) in [6, 6.07) is 13.6. The summed E-state index contributed by atoms with van der Waals surface area (Å²) in [6.45, 7) is 3.91. The smallest absolute Gasteiger partial charge is 0.243 e. The molecule has 0 aliphatic rings. The van der Waals surface area contributed by atoms with Gasteiger partial charge in [-0.1, -0.05) is 41.4 Å². The van der Waals surface area contributed by atoms with Crippen LogP contribution in [-0.2, 0) is 21.2 Å². The second-order valence-electron chi connectivity index (χ2n) is 6.24. The van der Waals surface area contributed by atoms with Crippen LogP contribution in [-0.4, -0.2) is 33.2 Å². The summed E-state index contributed by atoms with van der Waals surface area (Å²) < 4.78 is 25.6. The highest BCUT2D eigenvalue weighted by molar-refractivity contribution is 7.92. The molecule has 0 spiro atoms. The highest BCUT2D eigenvalue weighted by atomic mass is 35.5. The van der Waals surface area contributed by atoms with E-state index >= 15 is 0 Å². The maximum atomic E-state index is 12.5. The fourth-order valence-electron chi connectivity index (χ4n) is 2.63. The lowest BCUT2D eigenvalue weighted by atomic mass is 10.1. The Morgan fingerprint density at radius 2 is 1.69 bits per heavy atom. The number of hydrogen-bond donors (Lipinski definition) is 1. The Labute approximate surface area is 160 Å². The van der Waals surface area contributed by atoms with E-state index in [1.807, 2.05) is 31.2 Å².